The van der Waals surface area contributed by atoms with E-state index in [4.69, 9.17) is 4.74 Å². The van der Waals surface area contributed by atoms with E-state index < -0.39 is 0 Å². The summed E-state index contributed by atoms with van der Waals surface area (Å²) in [5.74, 6) is 0. The number of aliphatic hydroxyl groups excluding tert-OH is 1. The smallest absolute Gasteiger partial charge is 0.0755 e. The molecule has 3 heteroatoms. The number of benzene rings is 1. The lowest BCUT2D eigenvalue weighted by atomic mass is 10.1. The van der Waals surface area contributed by atoms with Crippen LogP contribution in [0, 0.1) is 0 Å². The SMILES string of the molecule is CCc1ccc(N2CCOC[C@@H]2CO)cc1. The zero-order chi connectivity index (χ0) is 11.4. The monoisotopic (exact) mass is 221 g/mol. The summed E-state index contributed by atoms with van der Waals surface area (Å²) in [4.78, 5) is 2.23. The van der Waals surface area contributed by atoms with Gasteiger partial charge in [-0.2, -0.15) is 0 Å². The van der Waals surface area contributed by atoms with Gasteiger partial charge in [0.15, 0.2) is 0 Å². The Hall–Kier alpha value is -1.06. The molecule has 1 aromatic rings. The van der Waals surface area contributed by atoms with Crippen LogP contribution in [0.25, 0.3) is 0 Å². The van der Waals surface area contributed by atoms with Crippen LogP contribution in [0.5, 0.6) is 0 Å². The van der Waals surface area contributed by atoms with E-state index in [9.17, 15) is 5.11 Å². The average Bonchev–Trinajstić information content (AvgIpc) is 2.39. The first kappa shape index (κ1) is 11.4. The Kier molecular flexibility index (Phi) is 3.80. The number of morpholine rings is 1. The van der Waals surface area contributed by atoms with Crippen molar-refractivity contribution in [2.75, 3.05) is 31.3 Å². The fourth-order valence-corrected chi connectivity index (χ4v) is 2.07. The number of rotatable bonds is 3. The number of hydrogen-bond donors (Lipinski definition) is 1. The minimum atomic E-state index is 0.0984. The van der Waals surface area contributed by atoms with Crippen LogP contribution in [0.4, 0.5) is 5.69 Å². The Morgan fingerprint density at radius 2 is 2.12 bits per heavy atom. The van der Waals surface area contributed by atoms with E-state index in [-0.39, 0.29) is 12.6 Å². The minimum absolute atomic E-state index is 0.0984. The second-order valence-electron chi connectivity index (χ2n) is 4.12. The van der Waals surface area contributed by atoms with Crippen LogP contribution in [0.1, 0.15) is 12.5 Å². The summed E-state index contributed by atoms with van der Waals surface area (Å²) in [7, 11) is 0. The topological polar surface area (TPSA) is 32.7 Å². The summed E-state index contributed by atoms with van der Waals surface area (Å²) in [6.07, 6.45) is 1.06. The predicted molar refractivity (Wildman–Crippen MR) is 64.9 cm³/mol. The molecule has 1 heterocycles. The number of nitrogens with zero attached hydrogens (tertiary/aromatic N) is 1. The van der Waals surface area contributed by atoms with Crippen molar-refractivity contribution in [3.05, 3.63) is 29.8 Å². The Morgan fingerprint density at radius 1 is 1.38 bits per heavy atom. The number of aliphatic hydroxyl groups is 1. The highest BCUT2D eigenvalue weighted by molar-refractivity contribution is 5.49. The number of aryl methyl sites for hydroxylation is 1. The molecule has 1 aromatic carbocycles. The summed E-state index contributed by atoms with van der Waals surface area (Å²) in [5, 5.41) is 9.30. The average molecular weight is 221 g/mol. The predicted octanol–water partition coefficient (Wildman–Crippen LogP) is 1.45. The third-order valence-corrected chi connectivity index (χ3v) is 3.11. The van der Waals surface area contributed by atoms with Gasteiger partial charge < -0.3 is 14.7 Å². The Bertz CT molecular complexity index is 323. The molecular weight excluding hydrogens is 202 g/mol. The van der Waals surface area contributed by atoms with E-state index in [2.05, 4.69) is 36.1 Å². The maximum Gasteiger partial charge on any atom is 0.0755 e. The Labute approximate surface area is 96.6 Å². The second kappa shape index (κ2) is 5.32. The fourth-order valence-electron chi connectivity index (χ4n) is 2.07. The van der Waals surface area contributed by atoms with Gasteiger partial charge in [0.05, 0.1) is 25.9 Å². The molecular formula is C13H19NO2. The van der Waals surface area contributed by atoms with Gasteiger partial charge in [-0.1, -0.05) is 19.1 Å². The molecule has 0 aromatic heterocycles. The van der Waals surface area contributed by atoms with Gasteiger partial charge in [-0.25, -0.2) is 0 Å². The maximum absolute atomic E-state index is 9.30. The molecule has 2 rings (SSSR count). The van der Waals surface area contributed by atoms with Crippen molar-refractivity contribution >= 4 is 5.69 Å². The van der Waals surface area contributed by atoms with Crippen LogP contribution in [-0.2, 0) is 11.2 Å². The highest BCUT2D eigenvalue weighted by Crippen LogP contribution is 2.20. The standard InChI is InChI=1S/C13H19NO2/c1-2-11-3-5-12(6-4-11)14-7-8-16-10-13(14)9-15/h3-6,13,15H,2,7-10H2,1H3/t13-/m0/s1. The van der Waals surface area contributed by atoms with Crippen molar-refractivity contribution in [1.29, 1.82) is 0 Å². The summed E-state index contributed by atoms with van der Waals surface area (Å²) < 4.78 is 5.37. The number of anilines is 1. The Balaban J connectivity index is 2.14. The summed E-state index contributed by atoms with van der Waals surface area (Å²) in [6.45, 7) is 4.52. The van der Waals surface area contributed by atoms with E-state index in [1.165, 1.54) is 11.3 Å². The van der Waals surface area contributed by atoms with Gasteiger partial charge in [0.25, 0.3) is 0 Å². The lowest BCUT2D eigenvalue weighted by Gasteiger charge is -2.36. The third kappa shape index (κ3) is 2.36. The molecule has 0 unspecified atom stereocenters. The van der Waals surface area contributed by atoms with Crippen molar-refractivity contribution in [1.82, 2.24) is 0 Å². The van der Waals surface area contributed by atoms with Crippen LogP contribution in [-0.4, -0.2) is 37.5 Å². The van der Waals surface area contributed by atoms with E-state index >= 15 is 0 Å². The van der Waals surface area contributed by atoms with Gasteiger partial charge >= 0.3 is 0 Å². The van der Waals surface area contributed by atoms with E-state index in [0.29, 0.717) is 6.61 Å². The molecule has 1 saturated heterocycles. The second-order valence-corrected chi connectivity index (χ2v) is 4.12. The molecule has 0 bridgehead atoms. The molecule has 1 N–H and O–H groups in total. The highest BCUT2D eigenvalue weighted by Gasteiger charge is 2.22. The largest absolute Gasteiger partial charge is 0.394 e. The van der Waals surface area contributed by atoms with Crippen LogP contribution in [0.2, 0.25) is 0 Å². The molecule has 0 spiro atoms. The third-order valence-electron chi connectivity index (χ3n) is 3.11. The zero-order valence-electron chi connectivity index (χ0n) is 9.72. The lowest BCUT2D eigenvalue weighted by molar-refractivity contribution is 0.0727. The zero-order valence-corrected chi connectivity index (χ0v) is 9.72. The minimum Gasteiger partial charge on any atom is -0.394 e. The highest BCUT2D eigenvalue weighted by atomic mass is 16.5. The summed E-state index contributed by atoms with van der Waals surface area (Å²) in [5.41, 5.74) is 2.53. The molecule has 3 nitrogen and oxygen atoms in total. The van der Waals surface area contributed by atoms with Gasteiger partial charge in [0.2, 0.25) is 0 Å². The molecule has 0 saturated carbocycles. The van der Waals surface area contributed by atoms with Gasteiger partial charge in [0.1, 0.15) is 0 Å². The molecule has 1 fully saturated rings. The first-order chi connectivity index (χ1) is 7.85. The first-order valence-corrected chi connectivity index (χ1v) is 5.89. The number of hydrogen-bond acceptors (Lipinski definition) is 3. The van der Waals surface area contributed by atoms with Crippen molar-refractivity contribution in [2.45, 2.75) is 19.4 Å². The molecule has 1 aliphatic rings. The van der Waals surface area contributed by atoms with E-state index in [1.54, 1.807) is 0 Å². The van der Waals surface area contributed by atoms with Crippen molar-refractivity contribution in [2.24, 2.45) is 0 Å². The van der Waals surface area contributed by atoms with Crippen molar-refractivity contribution < 1.29 is 9.84 Å². The van der Waals surface area contributed by atoms with Crippen molar-refractivity contribution in [3.63, 3.8) is 0 Å². The maximum atomic E-state index is 9.30. The quantitative estimate of drug-likeness (QED) is 0.838. The Morgan fingerprint density at radius 3 is 2.75 bits per heavy atom. The van der Waals surface area contributed by atoms with E-state index in [1.807, 2.05) is 0 Å². The summed E-state index contributed by atoms with van der Waals surface area (Å²) >= 11 is 0. The molecule has 16 heavy (non-hydrogen) atoms. The van der Waals surface area contributed by atoms with Crippen LogP contribution >= 0.6 is 0 Å². The molecule has 1 atom stereocenters. The normalized spacial score (nSPS) is 21.1. The first-order valence-electron chi connectivity index (χ1n) is 5.89. The van der Waals surface area contributed by atoms with Crippen molar-refractivity contribution in [3.8, 4) is 0 Å². The van der Waals surface area contributed by atoms with Gasteiger partial charge in [-0.3, -0.25) is 0 Å². The van der Waals surface area contributed by atoms with Gasteiger partial charge in [-0.15, -0.1) is 0 Å². The van der Waals surface area contributed by atoms with Crippen LogP contribution in [0.15, 0.2) is 24.3 Å². The molecule has 0 amide bonds. The van der Waals surface area contributed by atoms with Crippen LogP contribution in [0.3, 0.4) is 0 Å². The molecule has 0 aliphatic carbocycles. The fraction of sp³-hybridized carbons (Fsp3) is 0.538. The molecule has 88 valence electrons. The van der Waals surface area contributed by atoms with Crippen LogP contribution < -0.4 is 4.90 Å². The molecule has 1 aliphatic heterocycles. The van der Waals surface area contributed by atoms with Gasteiger partial charge in [-0.05, 0) is 24.1 Å². The van der Waals surface area contributed by atoms with E-state index in [0.717, 1.165) is 19.6 Å². The molecule has 0 radical (unpaired) electrons. The number of ether oxygens (including phenoxy) is 1. The lowest BCUT2D eigenvalue weighted by Crippen LogP contribution is -2.47. The summed E-state index contributed by atoms with van der Waals surface area (Å²) in [6, 6.07) is 8.67. The van der Waals surface area contributed by atoms with Gasteiger partial charge in [0, 0.05) is 12.2 Å².